The first-order valence-corrected chi connectivity index (χ1v) is 11.3. The molecule has 2 rings (SSSR count). The second kappa shape index (κ2) is 9.62. The first kappa shape index (κ1) is 21.8. The first-order chi connectivity index (χ1) is 12.8. The summed E-state index contributed by atoms with van der Waals surface area (Å²) in [5.41, 5.74) is 0.884. The highest BCUT2D eigenvalue weighted by molar-refractivity contribution is 7.53. The van der Waals surface area contributed by atoms with Gasteiger partial charge in [0.1, 0.15) is 0 Å². The molecule has 0 atom stereocenters. The van der Waals surface area contributed by atoms with Crippen molar-refractivity contribution in [3.63, 3.8) is 0 Å². The molecule has 0 fully saturated rings. The van der Waals surface area contributed by atoms with Gasteiger partial charge in [0.15, 0.2) is 5.78 Å². The number of carbonyl (C=O) groups excluding carboxylic acids is 2. The van der Waals surface area contributed by atoms with Crippen LogP contribution in [0.2, 0.25) is 5.02 Å². The van der Waals surface area contributed by atoms with Crippen LogP contribution in [0.1, 0.15) is 45.7 Å². The number of Topliss-reactive ketones (excluding diaryl/α,β-unsaturated/α-hetero) is 1. The van der Waals surface area contributed by atoms with E-state index in [1.54, 1.807) is 38.1 Å². The molecule has 0 bridgehead atoms. The van der Waals surface area contributed by atoms with Crippen LogP contribution in [0.25, 0.3) is 0 Å². The van der Waals surface area contributed by atoms with Gasteiger partial charge >= 0.3 is 7.60 Å². The number of ketones is 1. The number of nitrogens with one attached hydrogen (secondary N) is 1. The summed E-state index contributed by atoms with van der Waals surface area (Å²) in [7, 11) is -3.22. The molecule has 0 radical (unpaired) electrons. The van der Waals surface area contributed by atoms with Crippen molar-refractivity contribution in [2.24, 2.45) is 0 Å². The summed E-state index contributed by atoms with van der Waals surface area (Å²) >= 11 is 7.34. The van der Waals surface area contributed by atoms with Gasteiger partial charge in [-0.15, -0.1) is 11.3 Å². The fourth-order valence-electron chi connectivity index (χ4n) is 2.32. The van der Waals surface area contributed by atoms with Crippen molar-refractivity contribution in [3.05, 3.63) is 50.7 Å². The Bertz CT molecular complexity index is 872. The van der Waals surface area contributed by atoms with Crippen LogP contribution in [-0.4, -0.2) is 24.9 Å². The van der Waals surface area contributed by atoms with Crippen molar-refractivity contribution in [1.29, 1.82) is 0 Å². The molecule has 0 aliphatic heterocycles. The van der Waals surface area contributed by atoms with Crippen molar-refractivity contribution >= 4 is 47.9 Å². The third kappa shape index (κ3) is 5.99. The van der Waals surface area contributed by atoms with E-state index >= 15 is 0 Å². The molecule has 2 aromatic rings. The lowest BCUT2D eigenvalue weighted by Gasteiger charge is -2.15. The summed E-state index contributed by atoms with van der Waals surface area (Å²) in [6.45, 7) is 5.51. The van der Waals surface area contributed by atoms with Crippen LogP contribution in [0.3, 0.4) is 0 Å². The maximum Gasteiger partial charge on any atom is 0.335 e. The minimum absolute atomic E-state index is 0.106. The predicted octanol–water partition coefficient (Wildman–Crippen LogP) is 5.62. The zero-order chi connectivity index (χ0) is 20.0. The standard InChI is InChI=1S/C18H21ClNO5PS/c1-4-24-26(23,25-5-2)11-14-7-9-17(27-14)18(22)20-16-8-6-13(12(3)21)10-15(16)19/h6-10H,4-5,11H2,1-3H3,(H,20,22). The van der Waals surface area contributed by atoms with E-state index in [4.69, 9.17) is 20.6 Å². The molecule has 0 saturated carbocycles. The number of benzene rings is 1. The molecule has 1 N–H and O–H groups in total. The van der Waals surface area contributed by atoms with Crippen LogP contribution in [0.5, 0.6) is 0 Å². The van der Waals surface area contributed by atoms with Crippen molar-refractivity contribution in [1.82, 2.24) is 0 Å². The molecule has 0 unspecified atom stereocenters. The van der Waals surface area contributed by atoms with E-state index in [0.29, 0.717) is 16.1 Å². The van der Waals surface area contributed by atoms with Gasteiger partial charge in [0.25, 0.3) is 5.91 Å². The van der Waals surface area contributed by atoms with Crippen molar-refractivity contribution < 1.29 is 23.2 Å². The molecule has 9 heteroatoms. The van der Waals surface area contributed by atoms with Gasteiger partial charge < -0.3 is 14.4 Å². The molecule has 0 aliphatic rings. The van der Waals surface area contributed by atoms with Crippen molar-refractivity contribution in [2.45, 2.75) is 26.9 Å². The van der Waals surface area contributed by atoms with Gasteiger partial charge in [0.05, 0.1) is 35.0 Å². The van der Waals surface area contributed by atoms with Gasteiger partial charge in [-0.1, -0.05) is 11.6 Å². The van der Waals surface area contributed by atoms with Gasteiger partial charge in [-0.3, -0.25) is 14.2 Å². The monoisotopic (exact) mass is 429 g/mol. The summed E-state index contributed by atoms with van der Waals surface area (Å²) in [5.74, 6) is -0.447. The highest BCUT2D eigenvalue weighted by Crippen LogP contribution is 2.52. The minimum Gasteiger partial charge on any atom is -0.320 e. The number of hydrogen-bond acceptors (Lipinski definition) is 6. The van der Waals surface area contributed by atoms with E-state index < -0.39 is 7.60 Å². The Morgan fingerprint density at radius 3 is 2.37 bits per heavy atom. The van der Waals surface area contributed by atoms with Gasteiger partial charge in [0.2, 0.25) is 0 Å². The number of anilines is 1. The summed E-state index contributed by atoms with van der Waals surface area (Å²) in [4.78, 5) is 25.0. The van der Waals surface area contributed by atoms with E-state index in [1.807, 2.05) is 0 Å². The number of thiophene rings is 1. The van der Waals surface area contributed by atoms with Crippen LogP contribution < -0.4 is 5.32 Å². The van der Waals surface area contributed by atoms with Gasteiger partial charge in [0, 0.05) is 10.4 Å². The zero-order valence-corrected chi connectivity index (χ0v) is 17.7. The lowest BCUT2D eigenvalue weighted by molar-refractivity contribution is 0.101. The third-order valence-electron chi connectivity index (χ3n) is 3.51. The first-order valence-electron chi connectivity index (χ1n) is 8.36. The maximum atomic E-state index is 12.6. The number of halogens is 1. The fraction of sp³-hybridized carbons (Fsp3) is 0.333. The molecular formula is C18H21ClNO5PS. The van der Waals surface area contributed by atoms with Crippen LogP contribution in [-0.2, 0) is 19.8 Å². The SMILES string of the molecule is CCOP(=O)(Cc1ccc(C(=O)Nc2ccc(C(C)=O)cc2Cl)s1)OCC. The number of hydrogen-bond donors (Lipinski definition) is 1. The molecule has 0 saturated heterocycles. The van der Waals surface area contributed by atoms with E-state index in [2.05, 4.69) is 5.32 Å². The van der Waals surface area contributed by atoms with E-state index in [-0.39, 0.29) is 36.1 Å². The Labute approximate surface area is 167 Å². The lowest BCUT2D eigenvalue weighted by atomic mass is 10.1. The fourth-order valence-corrected chi connectivity index (χ4v) is 5.51. The van der Waals surface area contributed by atoms with E-state index in [1.165, 1.54) is 24.3 Å². The molecule has 27 heavy (non-hydrogen) atoms. The summed E-state index contributed by atoms with van der Waals surface area (Å²) < 4.78 is 23.2. The van der Waals surface area contributed by atoms with Gasteiger partial charge in [-0.2, -0.15) is 0 Å². The van der Waals surface area contributed by atoms with E-state index in [9.17, 15) is 14.2 Å². The smallest absolute Gasteiger partial charge is 0.320 e. The Morgan fingerprint density at radius 1 is 1.15 bits per heavy atom. The normalized spacial score (nSPS) is 11.4. The van der Waals surface area contributed by atoms with Crippen LogP contribution in [0, 0.1) is 0 Å². The number of rotatable bonds is 9. The predicted molar refractivity (Wildman–Crippen MR) is 108 cm³/mol. The molecule has 1 amide bonds. The minimum atomic E-state index is -3.22. The van der Waals surface area contributed by atoms with Crippen LogP contribution in [0.4, 0.5) is 5.69 Å². The average Bonchev–Trinajstić information content (AvgIpc) is 3.05. The topological polar surface area (TPSA) is 81.7 Å². The van der Waals surface area contributed by atoms with Gasteiger partial charge in [-0.25, -0.2) is 0 Å². The second-order valence-corrected chi connectivity index (χ2v) is 9.21. The number of amides is 1. The quantitative estimate of drug-likeness (QED) is 0.413. The summed E-state index contributed by atoms with van der Waals surface area (Å²) in [6, 6.07) is 8.08. The zero-order valence-electron chi connectivity index (χ0n) is 15.3. The van der Waals surface area contributed by atoms with Crippen LogP contribution in [0.15, 0.2) is 30.3 Å². The molecule has 0 spiro atoms. The highest BCUT2D eigenvalue weighted by atomic mass is 35.5. The second-order valence-electron chi connectivity index (χ2n) is 5.58. The molecule has 1 heterocycles. The third-order valence-corrected chi connectivity index (χ3v) is 7.15. The molecule has 0 aliphatic carbocycles. The molecular weight excluding hydrogens is 409 g/mol. The maximum absolute atomic E-state index is 12.6. The van der Waals surface area contributed by atoms with E-state index in [0.717, 1.165) is 4.88 Å². The van der Waals surface area contributed by atoms with Gasteiger partial charge in [-0.05, 0) is 51.1 Å². The summed E-state index contributed by atoms with van der Waals surface area (Å²) in [5, 5.41) is 3.00. The number of carbonyl (C=O) groups is 2. The van der Waals surface area contributed by atoms with Crippen molar-refractivity contribution in [3.8, 4) is 0 Å². The molecule has 6 nitrogen and oxygen atoms in total. The van der Waals surface area contributed by atoms with Crippen molar-refractivity contribution in [2.75, 3.05) is 18.5 Å². The Hall–Kier alpha value is -1.50. The summed E-state index contributed by atoms with van der Waals surface area (Å²) in [6.07, 6.45) is 0.112. The highest BCUT2D eigenvalue weighted by Gasteiger charge is 2.25. The van der Waals surface area contributed by atoms with Crippen LogP contribution >= 0.6 is 30.5 Å². The molecule has 1 aromatic carbocycles. The lowest BCUT2D eigenvalue weighted by Crippen LogP contribution is -2.10. The Kier molecular flexibility index (Phi) is 7.77. The molecule has 1 aromatic heterocycles. The average molecular weight is 430 g/mol. The molecule has 146 valence electrons. The Morgan fingerprint density at radius 2 is 1.81 bits per heavy atom. The largest absolute Gasteiger partial charge is 0.335 e. The Balaban J connectivity index is 2.10.